The monoisotopic (exact) mass is 407 g/mol. The lowest BCUT2D eigenvalue weighted by molar-refractivity contribution is -0.117. The number of para-hydroxylation sites is 1. The molecule has 6 heteroatoms. The van der Waals surface area contributed by atoms with Gasteiger partial charge in [-0.25, -0.2) is 0 Å². The van der Waals surface area contributed by atoms with Gasteiger partial charge in [-0.05, 0) is 42.5 Å². The van der Waals surface area contributed by atoms with Crippen molar-refractivity contribution in [2.24, 2.45) is 0 Å². The standard InChI is InChI=1S/C23H25N3O2S/c1-16-6-5-7-17(2)22(16)24-21(27)15-25-10-12-26(13-11-25)23(28)20-14-18-8-3-4-9-19(18)29-20/h3-9,14H,10-13,15H2,1-2H3,(H,24,27). The van der Waals surface area contributed by atoms with Crippen LogP contribution in [0.5, 0.6) is 0 Å². The van der Waals surface area contributed by atoms with Crippen LogP contribution in [-0.4, -0.2) is 54.3 Å². The molecule has 29 heavy (non-hydrogen) atoms. The van der Waals surface area contributed by atoms with Crippen LogP contribution in [0.2, 0.25) is 0 Å². The molecule has 0 spiro atoms. The van der Waals surface area contributed by atoms with E-state index in [2.05, 4.69) is 10.2 Å². The fraction of sp³-hybridized carbons (Fsp3) is 0.304. The zero-order valence-electron chi connectivity index (χ0n) is 16.8. The van der Waals surface area contributed by atoms with Crippen molar-refractivity contribution >= 4 is 38.9 Å². The van der Waals surface area contributed by atoms with Crippen molar-refractivity contribution in [3.63, 3.8) is 0 Å². The van der Waals surface area contributed by atoms with Crippen LogP contribution in [0, 0.1) is 13.8 Å². The predicted octanol–water partition coefficient (Wildman–Crippen LogP) is 3.91. The number of benzene rings is 2. The maximum Gasteiger partial charge on any atom is 0.264 e. The average Bonchev–Trinajstić information content (AvgIpc) is 3.15. The summed E-state index contributed by atoms with van der Waals surface area (Å²) in [7, 11) is 0. The van der Waals surface area contributed by atoms with Crippen LogP contribution < -0.4 is 5.32 Å². The van der Waals surface area contributed by atoms with Crippen molar-refractivity contribution in [1.82, 2.24) is 9.80 Å². The van der Waals surface area contributed by atoms with Crippen LogP contribution >= 0.6 is 11.3 Å². The van der Waals surface area contributed by atoms with Gasteiger partial charge in [0.2, 0.25) is 5.91 Å². The normalized spacial score (nSPS) is 14.9. The largest absolute Gasteiger partial charge is 0.335 e. The number of amides is 2. The summed E-state index contributed by atoms with van der Waals surface area (Å²) in [6.07, 6.45) is 0. The van der Waals surface area contributed by atoms with Crippen molar-refractivity contribution in [3.8, 4) is 0 Å². The van der Waals surface area contributed by atoms with E-state index in [1.54, 1.807) is 11.3 Å². The van der Waals surface area contributed by atoms with Gasteiger partial charge in [-0.1, -0.05) is 36.4 Å². The summed E-state index contributed by atoms with van der Waals surface area (Å²) >= 11 is 1.55. The molecule has 2 aromatic carbocycles. The number of aryl methyl sites for hydroxylation is 2. The van der Waals surface area contributed by atoms with Gasteiger partial charge < -0.3 is 10.2 Å². The van der Waals surface area contributed by atoms with Gasteiger partial charge in [0.15, 0.2) is 0 Å². The van der Waals surface area contributed by atoms with Gasteiger partial charge in [0.05, 0.1) is 11.4 Å². The van der Waals surface area contributed by atoms with Gasteiger partial charge in [-0.15, -0.1) is 11.3 Å². The van der Waals surface area contributed by atoms with Gasteiger partial charge in [0.25, 0.3) is 5.91 Å². The molecular formula is C23H25N3O2S. The molecule has 0 aliphatic carbocycles. The number of nitrogens with zero attached hydrogens (tertiary/aromatic N) is 2. The van der Waals surface area contributed by atoms with Crippen molar-refractivity contribution in [1.29, 1.82) is 0 Å². The molecule has 1 N–H and O–H groups in total. The van der Waals surface area contributed by atoms with Gasteiger partial charge in [0.1, 0.15) is 0 Å². The van der Waals surface area contributed by atoms with Gasteiger partial charge >= 0.3 is 0 Å². The molecule has 2 amide bonds. The molecule has 4 rings (SSSR count). The maximum atomic E-state index is 12.9. The Labute approximate surface area is 174 Å². The Morgan fingerprint density at radius 3 is 2.34 bits per heavy atom. The fourth-order valence-electron chi connectivity index (χ4n) is 3.75. The summed E-state index contributed by atoms with van der Waals surface area (Å²) in [6.45, 7) is 7.04. The van der Waals surface area contributed by atoms with Gasteiger partial charge in [-0.2, -0.15) is 0 Å². The smallest absolute Gasteiger partial charge is 0.264 e. The Morgan fingerprint density at radius 2 is 1.66 bits per heavy atom. The minimum atomic E-state index is -0.00770. The van der Waals surface area contributed by atoms with Crippen LogP contribution in [0.3, 0.4) is 0 Å². The lowest BCUT2D eigenvalue weighted by atomic mass is 10.1. The number of hydrogen-bond donors (Lipinski definition) is 1. The average molecular weight is 408 g/mol. The first kappa shape index (κ1) is 19.6. The number of piperazine rings is 1. The van der Waals surface area contributed by atoms with Crippen molar-refractivity contribution < 1.29 is 9.59 Å². The molecular weight excluding hydrogens is 382 g/mol. The van der Waals surface area contributed by atoms with Crippen LogP contribution in [0.25, 0.3) is 10.1 Å². The number of rotatable bonds is 4. The summed E-state index contributed by atoms with van der Waals surface area (Å²) in [5.74, 6) is 0.0810. The van der Waals surface area contributed by atoms with Crippen LogP contribution in [-0.2, 0) is 4.79 Å². The molecule has 1 fully saturated rings. The number of carbonyl (C=O) groups is 2. The third-order valence-electron chi connectivity index (χ3n) is 5.41. The highest BCUT2D eigenvalue weighted by Gasteiger charge is 2.24. The van der Waals surface area contributed by atoms with Crippen LogP contribution in [0.1, 0.15) is 20.8 Å². The van der Waals surface area contributed by atoms with Crippen molar-refractivity contribution in [2.45, 2.75) is 13.8 Å². The molecule has 0 radical (unpaired) electrons. The highest BCUT2D eigenvalue weighted by Crippen LogP contribution is 2.26. The summed E-state index contributed by atoms with van der Waals surface area (Å²) in [5, 5.41) is 4.15. The van der Waals surface area contributed by atoms with E-state index in [0.29, 0.717) is 32.7 Å². The SMILES string of the molecule is Cc1cccc(C)c1NC(=O)CN1CCN(C(=O)c2cc3ccccc3s2)CC1. The lowest BCUT2D eigenvalue weighted by Gasteiger charge is -2.34. The van der Waals surface area contributed by atoms with Crippen molar-refractivity contribution in [3.05, 3.63) is 64.5 Å². The quantitative estimate of drug-likeness (QED) is 0.713. The Hall–Kier alpha value is -2.70. The van der Waals surface area contributed by atoms with Crippen LogP contribution in [0.4, 0.5) is 5.69 Å². The Morgan fingerprint density at radius 1 is 0.966 bits per heavy atom. The minimum absolute atomic E-state index is 0.00770. The summed E-state index contributed by atoms with van der Waals surface area (Å²) < 4.78 is 1.14. The molecule has 0 saturated carbocycles. The molecule has 2 heterocycles. The second-order valence-electron chi connectivity index (χ2n) is 7.53. The first-order valence-electron chi connectivity index (χ1n) is 9.87. The minimum Gasteiger partial charge on any atom is -0.335 e. The third-order valence-corrected chi connectivity index (χ3v) is 6.51. The van der Waals surface area contributed by atoms with Gasteiger partial charge in [0, 0.05) is 36.6 Å². The van der Waals surface area contributed by atoms with Crippen LogP contribution in [0.15, 0.2) is 48.5 Å². The first-order valence-corrected chi connectivity index (χ1v) is 10.7. The first-order chi connectivity index (χ1) is 14.0. The zero-order valence-corrected chi connectivity index (χ0v) is 17.6. The van der Waals surface area contributed by atoms with E-state index in [1.807, 2.05) is 67.3 Å². The predicted molar refractivity (Wildman–Crippen MR) is 119 cm³/mol. The van der Waals surface area contributed by atoms with E-state index < -0.39 is 0 Å². The fourth-order valence-corrected chi connectivity index (χ4v) is 4.78. The summed E-state index contributed by atoms with van der Waals surface area (Å²) in [6, 6.07) is 16.0. The highest BCUT2D eigenvalue weighted by atomic mass is 32.1. The molecule has 0 bridgehead atoms. The second-order valence-corrected chi connectivity index (χ2v) is 8.62. The maximum absolute atomic E-state index is 12.9. The molecule has 0 unspecified atom stereocenters. The Bertz CT molecular complexity index is 998. The topological polar surface area (TPSA) is 52.7 Å². The summed E-state index contributed by atoms with van der Waals surface area (Å²) in [4.78, 5) is 30.1. The lowest BCUT2D eigenvalue weighted by Crippen LogP contribution is -2.50. The third kappa shape index (κ3) is 4.33. The van der Waals surface area contributed by atoms with E-state index in [9.17, 15) is 9.59 Å². The number of hydrogen-bond acceptors (Lipinski definition) is 4. The van der Waals surface area contributed by atoms with Gasteiger partial charge in [-0.3, -0.25) is 14.5 Å². The van der Waals surface area contributed by atoms with E-state index in [4.69, 9.17) is 0 Å². The Kier molecular flexibility index (Phi) is 5.65. The number of fused-ring (bicyclic) bond motifs is 1. The molecule has 1 aliphatic heterocycles. The molecule has 1 aliphatic rings. The molecule has 5 nitrogen and oxygen atoms in total. The van der Waals surface area contributed by atoms with Crippen molar-refractivity contribution in [2.75, 3.05) is 38.0 Å². The van der Waals surface area contributed by atoms with E-state index in [1.165, 1.54) is 0 Å². The molecule has 3 aromatic rings. The molecule has 0 atom stereocenters. The summed E-state index contributed by atoms with van der Waals surface area (Å²) in [5.41, 5.74) is 3.03. The highest BCUT2D eigenvalue weighted by molar-refractivity contribution is 7.20. The van der Waals surface area contributed by atoms with E-state index >= 15 is 0 Å². The zero-order chi connectivity index (χ0) is 20.4. The number of anilines is 1. The number of thiophene rings is 1. The Balaban J connectivity index is 1.32. The molecule has 1 saturated heterocycles. The second kappa shape index (κ2) is 8.35. The van der Waals surface area contributed by atoms with E-state index in [0.717, 1.165) is 31.8 Å². The molecule has 150 valence electrons. The number of carbonyl (C=O) groups excluding carboxylic acids is 2. The molecule has 1 aromatic heterocycles. The van der Waals surface area contributed by atoms with E-state index in [-0.39, 0.29) is 11.8 Å². The number of nitrogens with one attached hydrogen (secondary N) is 1.